The number of benzene rings is 2. The van der Waals surface area contributed by atoms with Gasteiger partial charge in [0.1, 0.15) is 6.04 Å². The monoisotopic (exact) mass is 422 g/mol. The molecule has 1 aromatic heterocycles. The number of para-hydroxylation sites is 1. The molecule has 0 aliphatic heterocycles. The molecule has 1 heterocycles. The van der Waals surface area contributed by atoms with Crippen molar-refractivity contribution in [1.29, 1.82) is 0 Å². The Hall–Kier alpha value is -3.06. The van der Waals surface area contributed by atoms with E-state index in [0.29, 0.717) is 5.69 Å². The summed E-state index contributed by atoms with van der Waals surface area (Å²) in [6, 6.07) is 14.3. The maximum absolute atomic E-state index is 13.6. The molecule has 30 heavy (non-hydrogen) atoms. The van der Waals surface area contributed by atoms with Gasteiger partial charge in [-0.25, -0.2) is 0 Å². The zero-order valence-corrected chi connectivity index (χ0v) is 18.7. The van der Waals surface area contributed by atoms with Crippen LogP contribution in [-0.4, -0.2) is 26.9 Å². The molecule has 0 unspecified atom stereocenters. The number of hydrogen-bond acceptors (Lipinski definition) is 5. The number of nitrogens with one attached hydrogen (secondary N) is 1. The largest absolute Gasteiger partial charge is 0.349 e. The van der Waals surface area contributed by atoms with Crippen molar-refractivity contribution in [2.75, 3.05) is 4.90 Å². The third-order valence-corrected chi connectivity index (χ3v) is 5.08. The lowest BCUT2D eigenvalue weighted by Gasteiger charge is -2.34. The molecule has 156 valence electrons. The number of amides is 2. The summed E-state index contributed by atoms with van der Waals surface area (Å²) in [6.07, 6.45) is 0. The van der Waals surface area contributed by atoms with Crippen LogP contribution < -0.4 is 10.2 Å². The molecule has 1 atom stereocenters. The van der Waals surface area contributed by atoms with Gasteiger partial charge in [0, 0.05) is 16.6 Å². The SMILES string of the molecule is Cc1ccc([C@@H](C(=O)NC(C)(C)C)N(C(=O)c2csnn2)c2ccccc2C)cc1. The van der Waals surface area contributed by atoms with E-state index in [4.69, 9.17) is 0 Å². The van der Waals surface area contributed by atoms with Crippen LogP contribution in [0.15, 0.2) is 53.9 Å². The Morgan fingerprint density at radius 3 is 2.27 bits per heavy atom. The zero-order valence-electron chi connectivity index (χ0n) is 17.8. The van der Waals surface area contributed by atoms with Gasteiger partial charge in [0.25, 0.3) is 5.91 Å². The first-order valence-electron chi connectivity index (χ1n) is 9.72. The van der Waals surface area contributed by atoms with Crippen molar-refractivity contribution in [2.24, 2.45) is 0 Å². The Labute approximate surface area is 181 Å². The summed E-state index contributed by atoms with van der Waals surface area (Å²) in [7, 11) is 0. The number of anilines is 1. The highest BCUT2D eigenvalue weighted by molar-refractivity contribution is 7.03. The molecular formula is C23H26N4O2S. The van der Waals surface area contributed by atoms with Crippen molar-refractivity contribution in [3.05, 3.63) is 76.3 Å². The number of hydrogen-bond donors (Lipinski definition) is 1. The molecule has 0 bridgehead atoms. The van der Waals surface area contributed by atoms with Gasteiger partial charge in [-0.05, 0) is 63.3 Å². The van der Waals surface area contributed by atoms with Gasteiger partial charge in [-0.15, -0.1) is 5.10 Å². The summed E-state index contributed by atoms with van der Waals surface area (Å²) < 4.78 is 3.83. The van der Waals surface area contributed by atoms with E-state index in [9.17, 15) is 9.59 Å². The van der Waals surface area contributed by atoms with Gasteiger partial charge in [0.15, 0.2) is 5.69 Å². The molecule has 6 nitrogen and oxygen atoms in total. The molecule has 3 aromatic rings. The predicted molar refractivity (Wildman–Crippen MR) is 120 cm³/mol. The van der Waals surface area contributed by atoms with Crippen molar-refractivity contribution in [2.45, 2.75) is 46.2 Å². The maximum atomic E-state index is 13.6. The average molecular weight is 423 g/mol. The van der Waals surface area contributed by atoms with Gasteiger partial charge in [0.2, 0.25) is 5.91 Å². The first-order chi connectivity index (χ1) is 14.2. The summed E-state index contributed by atoms with van der Waals surface area (Å²) >= 11 is 1.10. The van der Waals surface area contributed by atoms with E-state index in [0.717, 1.165) is 28.2 Å². The van der Waals surface area contributed by atoms with Crippen LogP contribution in [0.2, 0.25) is 0 Å². The van der Waals surface area contributed by atoms with E-state index < -0.39 is 11.6 Å². The summed E-state index contributed by atoms with van der Waals surface area (Å²) in [5.41, 5.74) is 3.10. The molecule has 1 N–H and O–H groups in total. The van der Waals surface area contributed by atoms with E-state index in [1.54, 1.807) is 5.38 Å². The first-order valence-corrected chi connectivity index (χ1v) is 10.6. The van der Waals surface area contributed by atoms with E-state index >= 15 is 0 Å². The third kappa shape index (κ3) is 4.91. The smallest absolute Gasteiger partial charge is 0.280 e. The molecule has 0 saturated carbocycles. The fraction of sp³-hybridized carbons (Fsp3) is 0.304. The van der Waals surface area contributed by atoms with Crippen LogP contribution in [-0.2, 0) is 4.79 Å². The average Bonchev–Trinajstić information content (AvgIpc) is 3.21. The number of nitrogens with zero attached hydrogens (tertiary/aromatic N) is 3. The van der Waals surface area contributed by atoms with Crippen molar-refractivity contribution in [3.63, 3.8) is 0 Å². The summed E-state index contributed by atoms with van der Waals surface area (Å²) in [5.74, 6) is -0.626. The number of carbonyl (C=O) groups is 2. The lowest BCUT2D eigenvalue weighted by Crippen LogP contribution is -2.49. The standard InChI is InChI=1S/C23H26N4O2S/c1-15-10-12-17(13-11-15)20(21(28)24-23(3,4)5)27(19-9-7-6-8-16(19)2)22(29)18-14-30-26-25-18/h6-14,20H,1-5H3,(H,24,28)/t20-/m0/s1. The maximum Gasteiger partial charge on any atom is 0.280 e. The van der Waals surface area contributed by atoms with Crippen molar-refractivity contribution in [3.8, 4) is 0 Å². The number of aromatic nitrogens is 2. The molecule has 0 fully saturated rings. The highest BCUT2D eigenvalue weighted by Crippen LogP contribution is 2.32. The Balaban J connectivity index is 2.19. The molecule has 2 aromatic carbocycles. The molecular weight excluding hydrogens is 396 g/mol. The Morgan fingerprint density at radius 1 is 1.03 bits per heavy atom. The fourth-order valence-electron chi connectivity index (χ4n) is 3.19. The van der Waals surface area contributed by atoms with E-state index in [1.807, 2.05) is 83.1 Å². The second-order valence-corrected chi connectivity index (χ2v) is 8.91. The van der Waals surface area contributed by atoms with E-state index in [-0.39, 0.29) is 17.5 Å². The van der Waals surface area contributed by atoms with Crippen LogP contribution in [0.3, 0.4) is 0 Å². The van der Waals surface area contributed by atoms with Crippen LogP contribution in [0.5, 0.6) is 0 Å². The van der Waals surface area contributed by atoms with Crippen LogP contribution in [0.1, 0.15) is 54.0 Å². The first kappa shape index (κ1) is 21.6. The van der Waals surface area contributed by atoms with Gasteiger partial charge in [0.05, 0.1) is 0 Å². The van der Waals surface area contributed by atoms with Crippen LogP contribution in [0.4, 0.5) is 5.69 Å². The number of rotatable bonds is 5. The van der Waals surface area contributed by atoms with Gasteiger partial charge in [-0.1, -0.05) is 52.5 Å². The Bertz CT molecular complexity index is 1020. The summed E-state index contributed by atoms with van der Waals surface area (Å²) in [6.45, 7) is 9.66. The van der Waals surface area contributed by atoms with Crippen molar-refractivity contribution < 1.29 is 9.59 Å². The lowest BCUT2D eigenvalue weighted by molar-refractivity contribution is -0.123. The normalized spacial score (nSPS) is 12.3. The minimum absolute atomic E-state index is 0.212. The second-order valence-electron chi connectivity index (χ2n) is 8.30. The minimum atomic E-state index is -0.861. The van der Waals surface area contributed by atoms with Gasteiger partial charge in [-0.3, -0.25) is 14.5 Å². The number of aryl methyl sites for hydroxylation is 2. The topological polar surface area (TPSA) is 75.2 Å². The van der Waals surface area contributed by atoms with E-state index in [1.165, 1.54) is 4.90 Å². The highest BCUT2D eigenvalue weighted by atomic mass is 32.1. The van der Waals surface area contributed by atoms with Crippen LogP contribution >= 0.6 is 11.5 Å². The van der Waals surface area contributed by atoms with Crippen LogP contribution in [0, 0.1) is 13.8 Å². The number of carbonyl (C=O) groups excluding carboxylic acids is 2. The van der Waals surface area contributed by atoms with Crippen molar-refractivity contribution >= 4 is 29.0 Å². The third-order valence-electron chi connectivity index (χ3n) is 4.57. The van der Waals surface area contributed by atoms with Gasteiger partial charge < -0.3 is 5.32 Å². The summed E-state index contributed by atoms with van der Waals surface area (Å²) in [4.78, 5) is 28.6. The molecule has 0 saturated heterocycles. The molecule has 0 aliphatic rings. The lowest BCUT2D eigenvalue weighted by atomic mass is 9.99. The molecule has 0 radical (unpaired) electrons. The zero-order chi connectivity index (χ0) is 21.9. The highest BCUT2D eigenvalue weighted by Gasteiger charge is 2.36. The van der Waals surface area contributed by atoms with Crippen LogP contribution in [0.25, 0.3) is 0 Å². The molecule has 3 rings (SSSR count). The van der Waals surface area contributed by atoms with Crippen molar-refractivity contribution in [1.82, 2.24) is 14.9 Å². The molecule has 0 aliphatic carbocycles. The second kappa shape index (κ2) is 8.75. The predicted octanol–water partition coefficient (Wildman–Crippen LogP) is 4.46. The quantitative estimate of drug-likeness (QED) is 0.659. The fourth-order valence-corrected chi connectivity index (χ4v) is 3.62. The Kier molecular flexibility index (Phi) is 6.31. The molecule has 7 heteroatoms. The minimum Gasteiger partial charge on any atom is -0.349 e. The molecule has 2 amide bonds. The van der Waals surface area contributed by atoms with Gasteiger partial charge in [-0.2, -0.15) is 0 Å². The van der Waals surface area contributed by atoms with Gasteiger partial charge >= 0.3 is 0 Å². The molecule has 0 spiro atoms. The summed E-state index contributed by atoms with van der Waals surface area (Å²) in [5, 5.41) is 8.60. The Morgan fingerprint density at radius 2 is 1.70 bits per heavy atom. The van der Waals surface area contributed by atoms with E-state index in [2.05, 4.69) is 14.9 Å².